The van der Waals surface area contributed by atoms with Crippen molar-refractivity contribution in [1.29, 1.82) is 0 Å². The van der Waals surface area contributed by atoms with Gasteiger partial charge in [0, 0.05) is 12.1 Å². The maximum Gasteiger partial charge on any atom is 0.262 e. The number of anilines is 1. The summed E-state index contributed by atoms with van der Waals surface area (Å²) in [5, 5.41) is 2.83. The highest BCUT2D eigenvalue weighted by Gasteiger charge is 2.20. The lowest BCUT2D eigenvalue weighted by Crippen LogP contribution is -2.28. The largest absolute Gasteiger partial charge is 0.482 e. The molecule has 0 saturated heterocycles. The highest BCUT2D eigenvalue weighted by molar-refractivity contribution is 5.95. The van der Waals surface area contributed by atoms with Crippen LogP contribution in [0.15, 0.2) is 18.2 Å². The Morgan fingerprint density at radius 1 is 1.47 bits per heavy atom. The van der Waals surface area contributed by atoms with Gasteiger partial charge in [0.05, 0.1) is 5.69 Å². The Morgan fingerprint density at radius 2 is 2.21 bits per heavy atom. The maximum atomic E-state index is 11.4. The Balaban J connectivity index is 2.28. The van der Waals surface area contributed by atoms with E-state index in [1.807, 2.05) is 39.2 Å². The topological polar surface area (TPSA) is 67.6 Å². The van der Waals surface area contributed by atoms with E-state index >= 15 is 0 Å². The van der Waals surface area contributed by atoms with E-state index < -0.39 is 0 Å². The molecule has 2 rings (SSSR count). The molecule has 1 amide bonds. The highest BCUT2D eigenvalue weighted by atomic mass is 16.5. The summed E-state index contributed by atoms with van der Waals surface area (Å²) in [7, 11) is 4.06. The molecule has 19 heavy (non-hydrogen) atoms. The van der Waals surface area contributed by atoms with E-state index in [1.165, 1.54) is 0 Å². The predicted octanol–water partition coefficient (Wildman–Crippen LogP) is 1.36. The molecule has 1 aliphatic heterocycles. The van der Waals surface area contributed by atoms with Gasteiger partial charge in [-0.2, -0.15) is 0 Å². The van der Waals surface area contributed by atoms with Crippen LogP contribution in [-0.4, -0.2) is 37.6 Å². The first-order valence-corrected chi connectivity index (χ1v) is 6.46. The number of hydrogen-bond acceptors (Lipinski definition) is 4. The molecule has 0 spiro atoms. The van der Waals surface area contributed by atoms with E-state index in [1.54, 1.807) is 0 Å². The minimum absolute atomic E-state index is 0.0866. The first-order chi connectivity index (χ1) is 8.97. The third-order valence-electron chi connectivity index (χ3n) is 3.24. The molecule has 0 aliphatic carbocycles. The molecule has 1 aromatic carbocycles. The number of carbonyl (C=O) groups excluding carboxylic acids is 1. The van der Waals surface area contributed by atoms with Crippen LogP contribution in [-0.2, 0) is 4.79 Å². The van der Waals surface area contributed by atoms with Crippen LogP contribution >= 0.6 is 0 Å². The zero-order valence-corrected chi connectivity index (χ0v) is 11.6. The summed E-state index contributed by atoms with van der Waals surface area (Å²) in [6.07, 6.45) is 0.862. The van der Waals surface area contributed by atoms with Crippen molar-refractivity contribution in [3.05, 3.63) is 23.8 Å². The molecule has 0 aromatic heterocycles. The summed E-state index contributed by atoms with van der Waals surface area (Å²) in [5.74, 6) is 0.611. The summed E-state index contributed by atoms with van der Waals surface area (Å²) in [6.45, 7) is 2.09. The van der Waals surface area contributed by atoms with E-state index in [9.17, 15) is 4.79 Å². The van der Waals surface area contributed by atoms with E-state index in [0.29, 0.717) is 0 Å². The first-order valence-electron chi connectivity index (χ1n) is 6.46. The molecule has 0 fully saturated rings. The molecule has 1 aromatic rings. The average Bonchev–Trinajstić information content (AvgIpc) is 2.34. The minimum Gasteiger partial charge on any atom is -0.482 e. The average molecular weight is 263 g/mol. The Kier molecular flexibility index (Phi) is 4.07. The summed E-state index contributed by atoms with van der Waals surface area (Å²) < 4.78 is 5.36. The number of nitrogens with one attached hydrogen (secondary N) is 1. The molecule has 1 heterocycles. The van der Waals surface area contributed by atoms with Crippen molar-refractivity contribution < 1.29 is 9.53 Å². The van der Waals surface area contributed by atoms with Crippen molar-refractivity contribution in [1.82, 2.24) is 4.90 Å². The second-order valence-corrected chi connectivity index (χ2v) is 5.28. The summed E-state index contributed by atoms with van der Waals surface area (Å²) in [4.78, 5) is 13.5. The second kappa shape index (κ2) is 5.59. The molecular weight excluding hydrogens is 242 g/mol. The number of nitrogens with two attached hydrogens (primary N) is 1. The number of hydrogen-bond donors (Lipinski definition) is 2. The molecule has 5 nitrogen and oxygen atoms in total. The molecule has 0 saturated carbocycles. The van der Waals surface area contributed by atoms with E-state index in [2.05, 4.69) is 10.2 Å². The van der Waals surface area contributed by atoms with Gasteiger partial charge in [0.1, 0.15) is 5.75 Å². The molecule has 3 N–H and O–H groups in total. The van der Waals surface area contributed by atoms with Crippen LogP contribution in [0, 0.1) is 0 Å². The Hall–Kier alpha value is -1.59. The van der Waals surface area contributed by atoms with Crippen LogP contribution in [0.2, 0.25) is 0 Å². The van der Waals surface area contributed by atoms with Gasteiger partial charge in [0.2, 0.25) is 0 Å². The monoisotopic (exact) mass is 263 g/mol. The summed E-state index contributed by atoms with van der Waals surface area (Å²) in [6, 6.07) is 6.25. The Morgan fingerprint density at radius 3 is 2.84 bits per heavy atom. The lowest BCUT2D eigenvalue weighted by molar-refractivity contribution is -0.118. The maximum absolute atomic E-state index is 11.4. The van der Waals surface area contributed by atoms with Crippen molar-refractivity contribution >= 4 is 11.6 Å². The van der Waals surface area contributed by atoms with Gasteiger partial charge in [0.25, 0.3) is 5.91 Å². The van der Waals surface area contributed by atoms with Crippen LogP contribution in [0.4, 0.5) is 5.69 Å². The first kappa shape index (κ1) is 13.8. The van der Waals surface area contributed by atoms with Gasteiger partial charge in [-0.25, -0.2) is 0 Å². The SMILES string of the molecule is CC(N)CC(c1ccc2c(c1)NC(=O)CO2)N(C)C. The molecule has 1 aliphatic rings. The molecule has 2 unspecified atom stereocenters. The standard InChI is InChI=1S/C14H21N3O2/c1-9(15)6-12(17(2)3)10-4-5-13-11(7-10)16-14(18)8-19-13/h4-5,7,9,12H,6,8,15H2,1-3H3,(H,16,18). The molecule has 0 radical (unpaired) electrons. The number of fused-ring (bicyclic) bond motifs is 1. The fourth-order valence-corrected chi connectivity index (χ4v) is 2.31. The van der Waals surface area contributed by atoms with Gasteiger partial charge in [-0.15, -0.1) is 0 Å². The molecule has 0 bridgehead atoms. The molecular formula is C14H21N3O2. The third kappa shape index (κ3) is 3.24. The van der Waals surface area contributed by atoms with Crippen molar-refractivity contribution in [2.24, 2.45) is 5.73 Å². The minimum atomic E-state index is -0.113. The van der Waals surface area contributed by atoms with Gasteiger partial charge in [-0.05, 0) is 45.1 Å². The van der Waals surface area contributed by atoms with Crippen LogP contribution in [0.5, 0.6) is 5.75 Å². The number of carbonyl (C=O) groups is 1. The quantitative estimate of drug-likeness (QED) is 0.860. The number of amides is 1. The van der Waals surface area contributed by atoms with Crippen LogP contribution < -0.4 is 15.8 Å². The molecule has 104 valence electrons. The second-order valence-electron chi connectivity index (χ2n) is 5.28. The lowest BCUT2D eigenvalue weighted by Gasteiger charge is -2.28. The third-order valence-corrected chi connectivity index (χ3v) is 3.24. The number of nitrogens with zero attached hydrogens (tertiary/aromatic N) is 1. The van der Waals surface area contributed by atoms with Crippen molar-refractivity contribution in [2.75, 3.05) is 26.0 Å². The van der Waals surface area contributed by atoms with Gasteiger partial charge < -0.3 is 20.7 Å². The molecule has 5 heteroatoms. The van der Waals surface area contributed by atoms with E-state index in [4.69, 9.17) is 10.5 Å². The number of rotatable bonds is 4. The van der Waals surface area contributed by atoms with Gasteiger partial charge >= 0.3 is 0 Å². The number of benzene rings is 1. The smallest absolute Gasteiger partial charge is 0.262 e. The van der Waals surface area contributed by atoms with Gasteiger partial charge in [0.15, 0.2) is 6.61 Å². The molecule has 2 atom stereocenters. The zero-order chi connectivity index (χ0) is 14.0. The fraction of sp³-hybridized carbons (Fsp3) is 0.500. The Bertz CT molecular complexity index is 472. The summed E-state index contributed by atoms with van der Waals surface area (Å²) in [5.41, 5.74) is 7.78. The predicted molar refractivity (Wildman–Crippen MR) is 75.3 cm³/mol. The number of ether oxygens (including phenoxy) is 1. The van der Waals surface area contributed by atoms with Gasteiger partial charge in [-0.1, -0.05) is 6.07 Å². The van der Waals surface area contributed by atoms with E-state index in [0.717, 1.165) is 23.4 Å². The normalized spacial score (nSPS) is 17.4. The van der Waals surface area contributed by atoms with Crippen molar-refractivity contribution in [3.63, 3.8) is 0 Å². The van der Waals surface area contributed by atoms with Crippen LogP contribution in [0.1, 0.15) is 24.9 Å². The summed E-state index contributed by atoms with van der Waals surface area (Å²) >= 11 is 0. The van der Waals surface area contributed by atoms with Crippen LogP contribution in [0.25, 0.3) is 0 Å². The van der Waals surface area contributed by atoms with Crippen LogP contribution in [0.3, 0.4) is 0 Å². The highest BCUT2D eigenvalue weighted by Crippen LogP contribution is 2.33. The van der Waals surface area contributed by atoms with Crippen molar-refractivity contribution in [2.45, 2.75) is 25.4 Å². The van der Waals surface area contributed by atoms with E-state index in [-0.39, 0.29) is 24.6 Å². The van der Waals surface area contributed by atoms with Crippen molar-refractivity contribution in [3.8, 4) is 5.75 Å². The lowest BCUT2D eigenvalue weighted by atomic mass is 9.98. The Labute approximate surface area is 113 Å². The fourth-order valence-electron chi connectivity index (χ4n) is 2.31. The van der Waals surface area contributed by atoms with Gasteiger partial charge in [-0.3, -0.25) is 4.79 Å². The zero-order valence-electron chi connectivity index (χ0n) is 11.6.